The van der Waals surface area contributed by atoms with Crippen molar-refractivity contribution >= 4 is 17.5 Å². The minimum Gasteiger partial charge on any atom is -0.375 e. The maximum atomic E-state index is 12.6. The van der Waals surface area contributed by atoms with Gasteiger partial charge in [-0.3, -0.25) is 9.59 Å². The Balaban J connectivity index is 1.51. The fourth-order valence-electron chi connectivity index (χ4n) is 3.12. The third-order valence-corrected chi connectivity index (χ3v) is 5.11. The Labute approximate surface area is 144 Å². The third kappa shape index (κ3) is 3.89. The quantitative estimate of drug-likeness (QED) is 0.902. The van der Waals surface area contributed by atoms with Gasteiger partial charge in [0.15, 0.2) is 0 Å². The topological polar surface area (TPSA) is 52.7 Å². The van der Waals surface area contributed by atoms with Crippen molar-refractivity contribution in [3.63, 3.8) is 0 Å². The molecule has 2 aliphatic rings. The molecule has 0 aromatic heterocycles. The van der Waals surface area contributed by atoms with E-state index in [2.05, 4.69) is 17.1 Å². The molecule has 1 saturated carbocycles. The van der Waals surface area contributed by atoms with E-state index in [9.17, 15) is 9.59 Å². The fourth-order valence-corrected chi connectivity index (χ4v) is 3.12. The highest BCUT2D eigenvalue weighted by Gasteiger charge is 2.32. The molecule has 1 N–H and O–H groups in total. The summed E-state index contributed by atoms with van der Waals surface area (Å²) in [6.45, 7) is 4.47. The summed E-state index contributed by atoms with van der Waals surface area (Å²) in [5, 5.41) is 3.12. The highest BCUT2D eigenvalue weighted by molar-refractivity contribution is 5.94. The number of benzene rings is 1. The minimum absolute atomic E-state index is 0.0904. The number of rotatable bonds is 5. The monoisotopic (exact) mass is 329 g/mol. The number of piperidine rings is 1. The van der Waals surface area contributed by atoms with Gasteiger partial charge >= 0.3 is 0 Å². The molecule has 5 nitrogen and oxygen atoms in total. The van der Waals surface area contributed by atoms with Crippen LogP contribution in [0.25, 0.3) is 0 Å². The molecule has 24 heavy (non-hydrogen) atoms. The van der Waals surface area contributed by atoms with Gasteiger partial charge in [0, 0.05) is 49.9 Å². The molecule has 1 aliphatic heterocycles. The van der Waals surface area contributed by atoms with E-state index in [1.807, 2.05) is 36.2 Å². The molecule has 0 spiro atoms. The summed E-state index contributed by atoms with van der Waals surface area (Å²) in [6, 6.07) is 8.04. The van der Waals surface area contributed by atoms with Gasteiger partial charge in [0.1, 0.15) is 0 Å². The zero-order valence-corrected chi connectivity index (χ0v) is 14.6. The molecule has 0 radical (unpaired) electrons. The van der Waals surface area contributed by atoms with E-state index in [4.69, 9.17) is 0 Å². The van der Waals surface area contributed by atoms with Crippen LogP contribution < -0.4 is 10.2 Å². The predicted molar refractivity (Wildman–Crippen MR) is 95.2 cm³/mol. The van der Waals surface area contributed by atoms with Crippen LogP contribution in [0, 0.1) is 5.92 Å². The van der Waals surface area contributed by atoms with Crippen LogP contribution in [0.5, 0.6) is 0 Å². The number of likely N-dealkylation sites (tertiary alicyclic amines) is 1. The van der Waals surface area contributed by atoms with Crippen LogP contribution in [-0.4, -0.2) is 49.4 Å². The number of carbonyl (C=O) groups excluding carboxylic acids is 2. The van der Waals surface area contributed by atoms with Gasteiger partial charge in [0.25, 0.3) is 5.91 Å². The third-order valence-electron chi connectivity index (χ3n) is 5.11. The maximum absolute atomic E-state index is 12.6. The van der Waals surface area contributed by atoms with E-state index >= 15 is 0 Å². The Morgan fingerprint density at radius 2 is 1.75 bits per heavy atom. The van der Waals surface area contributed by atoms with Crippen molar-refractivity contribution in [1.82, 2.24) is 10.2 Å². The average molecular weight is 329 g/mol. The van der Waals surface area contributed by atoms with Gasteiger partial charge in [-0.25, -0.2) is 0 Å². The van der Waals surface area contributed by atoms with Crippen molar-refractivity contribution < 1.29 is 9.59 Å². The van der Waals surface area contributed by atoms with Gasteiger partial charge in [-0.1, -0.05) is 0 Å². The summed E-state index contributed by atoms with van der Waals surface area (Å²) in [5.41, 5.74) is 1.86. The van der Waals surface area contributed by atoms with Crippen molar-refractivity contribution in [1.29, 1.82) is 0 Å². The van der Waals surface area contributed by atoms with E-state index < -0.39 is 0 Å². The average Bonchev–Trinajstić information content (AvgIpc) is 3.46. The molecular formula is C19H27N3O2. The van der Waals surface area contributed by atoms with Gasteiger partial charge in [-0.05, 0) is 56.9 Å². The van der Waals surface area contributed by atoms with E-state index in [1.54, 1.807) is 0 Å². The van der Waals surface area contributed by atoms with Crippen LogP contribution in [0.4, 0.5) is 5.69 Å². The van der Waals surface area contributed by atoms with Crippen molar-refractivity contribution in [3.05, 3.63) is 29.8 Å². The van der Waals surface area contributed by atoms with Gasteiger partial charge in [0.05, 0.1) is 0 Å². The van der Waals surface area contributed by atoms with Crippen LogP contribution in [0.2, 0.25) is 0 Å². The van der Waals surface area contributed by atoms with Crippen LogP contribution in [0.15, 0.2) is 24.3 Å². The van der Waals surface area contributed by atoms with E-state index in [1.165, 1.54) is 0 Å². The second kappa shape index (κ2) is 7.24. The SMILES string of the molecule is CCN(C)c1ccc(C(=O)N2CCC(NC(=O)C3CC3)CC2)cc1. The first-order chi connectivity index (χ1) is 11.6. The molecule has 3 rings (SSSR count). The van der Waals surface area contributed by atoms with Crippen molar-refractivity contribution in [2.24, 2.45) is 5.92 Å². The zero-order valence-electron chi connectivity index (χ0n) is 14.6. The summed E-state index contributed by atoms with van der Waals surface area (Å²) < 4.78 is 0. The summed E-state index contributed by atoms with van der Waals surface area (Å²) in [6.07, 6.45) is 3.76. The molecule has 1 aliphatic carbocycles. The summed E-state index contributed by atoms with van der Waals surface area (Å²) in [7, 11) is 2.04. The number of nitrogens with zero attached hydrogens (tertiary/aromatic N) is 2. The largest absolute Gasteiger partial charge is 0.375 e. The first-order valence-electron chi connectivity index (χ1n) is 8.99. The van der Waals surface area contributed by atoms with Crippen LogP contribution in [-0.2, 0) is 4.79 Å². The molecule has 1 aromatic rings. The van der Waals surface area contributed by atoms with Gasteiger partial charge in [-0.2, -0.15) is 0 Å². The summed E-state index contributed by atoms with van der Waals surface area (Å²) >= 11 is 0. The second-order valence-corrected chi connectivity index (χ2v) is 6.91. The lowest BCUT2D eigenvalue weighted by Gasteiger charge is -2.32. The highest BCUT2D eigenvalue weighted by Crippen LogP contribution is 2.29. The van der Waals surface area contributed by atoms with Crippen molar-refractivity contribution in [3.8, 4) is 0 Å². The molecule has 1 heterocycles. The lowest BCUT2D eigenvalue weighted by molar-refractivity contribution is -0.123. The lowest BCUT2D eigenvalue weighted by Crippen LogP contribution is -2.46. The fraction of sp³-hybridized carbons (Fsp3) is 0.579. The molecule has 0 unspecified atom stereocenters. The second-order valence-electron chi connectivity index (χ2n) is 6.91. The molecule has 5 heteroatoms. The molecular weight excluding hydrogens is 302 g/mol. The minimum atomic E-state index is 0.0904. The number of hydrogen-bond acceptors (Lipinski definition) is 3. The Morgan fingerprint density at radius 1 is 1.12 bits per heavy atom. The molecule has 1 aromatic carbocycles. The maximum Gasteiger partial charge on any atom is 0.253 e. The Hall–Kier alpha value is -2.04. The normalized spacial score (nSPS) is 18.3. The number of amides is 2. The van der Waals surface area contributed by atoms with Gasteiger partial charge < -0.3 is 15.1 Å². The van der Waals surface area contributed by atoms with E-state index in [0.29, 0.717) is 13.1 Å². The first-order valence-corrected chi connectivity index (χ1v) is 8.99. The van der Waals surface area contributed by atoms with Crippen molar-refractivity contribution in [2.45, 2.75) is 38.6 Å². The smallest absolute Gasteiger partial charge is 0.253 e. The van der Waals surface area contributed by atoms with E-state index in [0.717, 1.165) is 43.5 Å². The zero-order chi connectivity index (χ0) is 17.1. The number of carbonyl (C=O) groups is 2. The summed E-state index contributed by atoms with van der Waals surface area (Å²) in [5.74, 6) is 0.549. The highest BCUT2D eigenvalue weighted by atomic mass is 16.2. The predicted octanol–water partition coefficient (Wildman–Crippen LogP) is 2.27. The standard InChI is InChI=1S/C19H27N3O2/c1-3-21(2)17-8-6-15(7-9-17)19(24)22-12-10-16(11-13-22)20-18(23)14-4-5-14/h6-9,14,16H,3-5,10-13H2,1-2H3,(H,20,23). The number of anilines is 1. The molecule has 0 atom stereocenters. The van der Waals surface area contributed by atoms with Crippen molar-refractivity contribution in [2.75, 3.05) is 31.6 Å². The molecule has 2 amide bonds. The Kier molecular flexibility index (Phi) is 5.07. The van der Waals surface area contributed by atoms with Crippen LogP contribution in [0.1, 0.15) is 43.0 Å². The molecule has 2 fully saturated rings. The Morgan fingerprint density at radius 3 is 2.29 bits per heavy atom. The van der Waals surface area contributed by atoms with Gasteiger partial charge in [-0.15, -0.1) is 0 Å². The van der Waals surface area contributed by atoms with Gasteiger partial charge in [0.2, 0.25) is 5.91 Å². The van der Waals surface area contributed by atoms with Crippen LogP contribution >= 0.6 is 0 Å². The van der Waals surface area contributed by atoms with Crippen LogP contribution in [0.3, 0.4) is 0 Å². The number of hydrogen-bond donors (Lipinski definition) is 1. The first kappa shape index (κ1) is 16.8. The Bertz CT molecular complexity index is 587. The summed E-state index contributed by atoms with van der Waals surface area (Å²) in [4.78, 5) is 28.5. The number of nitrogens with one attached hydrogen (secondary N) is 1. The molecule has 0 bridgehead atoms. The molecule has 1 saturated heterocycles. The molecule has 130 valence electrons. The lowest BCUT2D eigenvalue weighted by atomic mass is 10.0. The van der Waals surface area contributed by atoms with E-state index in [-0.39, 0.29) is 23.8 Å².